The molecule has 2 aliphatic rings. The number of anilines is 1. The predicted octanol–water partition coefficient (Wildman–Crippen LogP) is 1.73. The van der Waals surface area contributed by atoms with Crippen molar-refractivity contribution in [3.63, 3.8) is 0 Å². The van der Waals surface area contributed by atoms with E-state index in [0.29, 0.717) is 30.2 Å². The van der Waals surface area contributed by atoms with Gasteiger partial charge in [-0.25, -0.2) is 4.98 Å². The minimum atomic E-state index is 0.0414. The highest BCUT2D eigenvalue weighted by atomic mass is 16.4. The molecule has 4 rings (SSSR count). The Bertz CT molecular complexity index is 872. The third-order valence-corrected chi connectivity index (χ3v) is 5.85. The zero-order valence-corrected chi connectivity index (χ0v) is 16.5. The number of nitrogens with one attached hydrogen (secondary N) is 1. The summed E-state index contributed by atoms with van der Waals surface area (Å²) in [6, 6.07) is 4.40. The van der Waals surface area contributed by atoms with E-state index < -0.39 is 0 Å². The summed E-state index contributed by atoms with van der Waals surface area (Å²) in [6.45, 7) is 4.89. The van der Waals surface area contributed by atoms with E-state index in [1.54, 1.807) is 7.05 Å². The van der Waals surface area contributed by atoms with Crippen LogP contribution in [0.5, 0.6) is 0 Å². The van der Waals surface area contributed by atoms with Crippen LogP contribution in [0.2, 0.25) is 0 Å². The number of carbonyl (C=O) groups excluding carboxylic acids is 2. The lowest BCUT2D eigenvalue weighted by atomic mass is 9.95. The summed E-state index contributed by atoms with van der Waals surface area (Å²) in [5, 5.41) is 2.67. The van der Waals surface area contributed by atoms with Crippen LogP contribution in [0.4, 0.5) is 6.01 Å². The molecule has 8 heteroatoms. The molecule has 1 atom stereocenters. The number of hydrogen-bond donors (Lipinski definition) is 1. The Morgan fingerprint density at radius 3 is 2.71 bits per heavy atom. The summed E-state index contributed by atoms with van der Waals surface area (Å²) in [4.78, 5) is 37.4. The molecule has 2 saturated heterocycles. The van der Waals surface area contributed by atoms with Gasteiger partial charge < -0.3 is 19.5 Å². The summed E-state index contributed by atoms with van der Waals surface area (Å²) in [6.07, 6.45) is 3.00. The molecule has 28 heavy (non-hydrogen) atoms. The molecule has 2 aromatic rings. The lowest BCUT2D eigenvalue weighted by Gasteiger charge is -2.32. The maximum atomic E-state index is 12.9. The molecule has 0 bridgehead atoms. The van der Waals surface area contributed by atoms with Crippen LogP contribution in [-0.2, 0) is 9.59 Å². The van der Waals surface area contributed by atoms with Gasteiger partial charge in [-0.15, -0.1) is 0 Å². The number of likely N-dealkylation sites (tertiary alicyclic amines) is 1. The van der Waals surface area contributed by atoms with Crippen LogP contribution >= 0.6 is 0 Å². The van der Waals surface area contributed by atoms with Crippen molar-refractivity contribution >= 4 is 29.1 Å². The van der Waals surface area contributed by atoms with E-state index in [-0.39, 0.29) is 23.7 Å². The Morgan fingerprint density at radius 1 is 1.18 bits per heavy atom. The van der Waals surface area contributed by atoms with Gasteiger partial charge in [-0.05, 0) is 44.2 Å². The van der Waals surface area contributed by atoms with Gasteiger partial charge in [0, 0.05) is 51.3 Å². The molecule has 1 unspecified atom stereocenters. The number of oxazole rings is 1. The highest BCUT2D eigenvalue weighted by molar-refractivity contribution is 5.80. The van der Waals surface area contributed by atoms with E-state index in [0.717, 1.165) is 44.6 Å². The molecule has 4 heterocycles. The summed E-state index contributed by atoms with van der Waals surface area (Å²) in [5.41, 5.74) is 2.24. The average molecular weight is 385 g/mol. The smallest absolute Gasteiger partial charge is 0.299 e. The second kappa shape index (κ2) is 7.77. The highest BCUT2D eigenvalue weighted by Crippen LogP contribution is 2.28. The number of aryl methyl sites for hydroxylation is 1. The van der Waals surface area contributed by atoms with Gasteiger partial charge in [0.1, 0.15) is 0 Å². The number of piperidine rings is 1. The van der Waals surface area contributed by atoms with Gasteiger partial charge in [-0.1, -0.05) is 0 Å². The van der Waals surface area contributed by atoms with Crippen LogP contribution in [0.25, 0.3) is 11.2 Å². The van der Waals surface area contributed by atoms with Crippen LogP contribution in [0.3, 0.4) is 0 Å². The van der Waals surface area contributed by atoms with Crippen molar-refractivity contribution in [3.8, 4) is 0 Å². The Hall–Kier alpha value is -2.64. The number of amides is 2. The Labute approximate surface area is 164 Å². The van der Waals surface area contributed by atoms with Crippen molar-refractivity contribution in [2.75, 3.05) is 38.1 Å². The van der Waals surface area contributed by atoms with Crippen molar-refractivity contribution < 1.29 is 14.0 Å². The van der Waals surface area contributed by atoms with Crippen LogP contribution in [-0.4, -0.2) is 59.9 Å². The van der Waals surface area contributed by atoms with Gasteiger partial charge >= 0.3 is 0 Å². The molecule has 2 aromatic heterocycles. The fourth-order valence-electron chi connectivity index (χ4n) is 4.18. The van der Waals surface area contributed by atoms with E-state index in [9.17, 15) is 9.59 Å². The maximum Gasteiger partial charge on any atom is 0.299 e. The third-order valence-electron chi connectivity index (χ3n) is 5.85. The zero-order valence-electron chi connectivity index (χ0n) is 16.5. The first kappa shape index (κ1) is 18.7. The van der Waals surface area contributed by atoms with Crippen molar-refractivity contribution in [3.05, 3.63) is 17.8 Å². The third kappa shape index (κ3) is 3.81. The molecule has 1 N–H and O–H groups in total. The van der Waals surface area contributed by atoms with Crippen molar-refractivity contribution in [1.29, 1.82) is 0 Å². The molecular formula is C20H27N5O3. The standard InChI is InChI=1S/C20H27N5O3/c1-13-3-4-16-18(22-13)23-20(28-16)24-9-6-15(7-10-24)19(27)25-8-5-14(12-25)11-17(26)21-2/h3-4,14-15H,5-12H2,1-2H3,(H,21,26). The number of fused-ring (bicyclic) bond motifs is 1. The number of rotatable bonds is 4. The largest absolute Gasteiger partial charge is 0.422 e. The van der Waals surface area contributed by atoms with E-state index in [1.807, 2.05) is 24.0 Å². The Morgan fingerprint density at radius 2 is 1.96 bits per heavy atom. The number of pyridine rings is 1. The van der Waals surface area contributed by atoms with Gasteiger partial charge in [0.25, 0.3) is 6.01 Å². The highest BCUT2D eigenvalue weighted by Gasteiger charge is 2.34. The van der Waals surface area contributed by atoms with Crippen molar-refractivity contribution in [2.24, 2.45) is 11.8 Å². The maximum absolute atomic E-state index is 12.9. The first-order valence-electron chi connectivity index (χ1n) is 10.0. The number of carbonyl (C=O) groups is 2. The first-order chi connectivity index (χ1) is 13.5. The van der Waals surface area contributed by atoms with E-state index in [2.05, 4.69) is 20.2 Å². The Kier molecular flexibility index (Phi) is 5.19. The molecule has 150 valence electrons. The lowest BCUT2D eigenvalue weighted by molar-refractivity contribution is -0.135. The van der Waals surface area contributed by atoms with Crippen LogP contribution < -0.4 is 10.2 Å². The Balaban J connectivity index is 1.32. The summed E-state index contributed by atoms with van der Waals surface area (Å²) < 4.78 is 5.84. The minimum Gasteiger partial charge on any atom is -0.422 e. The van der Waals surface area contributed by atoms with Gasteiger partial charge in [0.05, 0.1) is 0 Å². The second-order valence-corrected chi connectivity index (χ2v) is 7.85. The summed E-state index contributed by atoms with van der Waals surface area (Å²) in [5.74, 6) is 0.601. The minimum absolute atomic E-state index is 0.0414. The fraction of sp³-hybridized carbons (Fsp3) is 0.600. The molecule has 0 aliphatic carbocycles. The molecule has 8 nitrogen and oxygen atoms in total. The number of aromatic nitrogens is 2. The topological polar surface area (TPSA) is 91.6 Å². The van der Waals surface area contributed by atoms with Gasteiger partial charge in [-0.2, -0.15) is 4.98 Å². The van der Waals surface area contributed by atoms with E-state index in [4.69, 9.17) is 4.42 Å². The lowest BCUT2D eigenvalue weighted by Crippen LogP contribution is -2.42. The fourth-order valence-corrected chi connectivity index (χ4v) is 4.18. The second-order valence-electron chi connectivity index (χ2n) is 7.85. The molecule has 0 radical (unpaired) electrons. The number of nitrogens with zero attached hydrogens (tertiary/aromatic N) is 4. The van der Waals surface area contributed by atoms with Crippen LogP contribution in [0.15, 0.2) is 16.5 Å². The summed E-state index contributed by atoms with van der Waals surface area (Å²) in [7, 11) is 1.65. The normalized spacial score (nSPS) is 20.7. The van der Waals surface area contributed by atoms with Crippen LogP contribution in [0, 0.1) is 18.8 Å². The zero-order chi connectivity index (χ0) is 19.7. The average Bonchev–Trinajstić information content (AvgIpc) is 3.34. The van der Waals surface area contributed by atoms with Gasteiger partial charge in [-0.3, -0.25) is 9.59 Å². The summed E-state index contributed by atoms with van der Waals surface area (Å²) >= 11 is 0. The molecule has 2 amide bonds. The van der Waals surface area contributed by atoms with E-state index in [1.165, 1.54) is 0 Å². The molecule has 2 fully saturated rings. The molecule has 0 saturated carbocycles. The molecule has 0 aromatic carbocycles. The molecular weight excluding hydrogens is 358 g/mol. The van der Waals surface area contributed by atoms with Gasteiger partial charge in [0.15, 0.2) is 5.58 Å². The van der Waals surface area contributed by atoms with Crippen LogP contribution in [0.1, 0.15) is 31.4 Å². The quantitative estimate of drug-likeness (QED) is 0.862. The molecule has 2 aliphatic heterocycles. The SMILES string of the molecule is CNC(=O)CC1CCN(C(=O)C2CCN(c3nc4nc(C)ccc4o3)CC2)C1. The molecule has 0 spiro atoms. The van der Waals surface area contributed by atoms with Crippen molar-refractivity contribution in [1.82, 2.24) is 20.2 Å². The predicted molar refractivity (Wildman–Crippen MR) is 105 cm³/mol. The monoisotopic (exact) mass is 385 g/mol. The number of hydrogen-bond acceptors (Lipinski definition) is 6. The van der Waals surface area contributed by atoms with Gasteiger partial charge in [0.2, 0.25) is 17.5 Å². The first-order valence-corrected chi connectivity index (χ1v) is 10.0. The van der Waals surface area contributed by atoms with Crippen molar-refractivity contribution in [2.45, 2.75) is 32.6 Å². The van der Waals surface area contributed by atoms with E-state index >= 15 is 0 Å².